The molecule has 0 atom stereocenters. The molecule has 0 aromatic heterocycles. The number of nitrogens with zero attached hydrogens (tertiary/aromatic N) is 2. The van der Waals surface area contributed by atoms with Gasteiger partial charge in [-0.25, -0.2) is 8.42 Å². The number of carbonyl (C=O) groups excluding carboxylic acids is 1. The number of hydrogen-bond acceptors (Lipinski definition) is 4. The van der Waals surface area contributed by atoms with Gasteiger partial charge in [-0.1, -0.05) is 36.4 Å². The molecule has 29 heavy (non-hydrogen) atoms. The zero-order valence-corrected chi connectivity index (χ0v) is 17.9. The number of benzene rings is 2. The van der Waals surface area contributed by atoms with Gasteiger partial charge in [0.2, 0.25) is 15.9 Å². The molecule has 1 aliphatic rings. The van der Waals surface area contributed by atoms with Crippen molar-refractivity contribution < 1.29 is 13.2 Å². The SMILES string of the molecule is Cc1ccccc1N(CC(=O)NCCCN1CCCc2ccccc21)S(C)(=O)=O. The molecule has 7 heteroatoms. The lowest BCUT2D eigenvalue weighted by molar-refractivity contribution is -0.119. The lowest BCUT2D eigenvalue weighted by Crippen LogP contribution is -2.41. The standard InChI is InChI=1S/C22H29N3O3S/c1-18-9-3-5-12-20(18)25(29(2,27)28)17-22(26)23-14-8-16-24-15-7-11-19-10-4-6-13-21(19)24/h3-6,9-10,12-13H,7-8,11,14-17H2,1-2H3,(H,23,26). The van der Waals surface area contributed by atoms with Gasteiger partial charge in [-0.3, -0.25) is 9.10 Å². The molecule has 0 aliphatic carbocycles. The second-order valence-corrected chi connectivity index (χ2v) is 9.39. The minimum Gasteiger partial charge on any atom is -0.371 e. The van der Waals surface area contributed by atoms with E-state index in [1.165, 1.54) is 15.6 Å². The first-order valence-electron chi connectivity index (χ1n) is 9.99. The molecule has 0 unspecified atom stereocenters. The summed E-state index contributed by atoms with van der Waals surface area (Å²) >= 11 is 0. The van der Waals surface area contributed by atoms with Crippen molar-refractivity contribution in [3.63, 3.8) is 0 Å². The van der Waals surface area contributed by atoms with Gasteiger partial charge in [-0.2, -0.15) is 0 Å². The first-order chi connectivity index (χ1) is 13.9. The lowest BCUT2D eigenvalue weighted by atomic mass is 10.0. The van der Waals surface area contributed by atoms with Crippen LogP contribution in [0, 0.1) is 6.92 Å². The molecule has 2 aromatic carbocycles. The summed E-state index contributed by atoms with van der Waals surface area (Å²) in [6.45, 7) is 4.03. The average molecular weight is 416 g/mol. The van der Waals surface area contributed by atoms with Gasteiger partial charge < -0.3 is 10.2 Å². The Hall–Kier alpha value is -2.54. The number of para-hydroxylation sites is 2. The number of nitrogens with one attached hydrogen (secondary N) is 1. The Kier molecular flexibility index (Phi) is 6.79. The van der Waals surface area contributed by atoms with Crippen LogP contribution < -0.4 is 14.5 Å². The molecule has 1 amide bonds. The zero-order valence-electron chi connectivity index (χ0n) is 17.1. The van der Waals surface area contributed by atoms with Crippen LogP contribution >= 0.6 is 0 Å². The van der Waals surface area contributed by atoms with Crippen molar-refractivity contribution in [2.75, 3.05) is 41.6 Å². The van der Waals surface area contributed by atoms with E-state index in [-0.39, 0.29) is 12.5 Å². The summed E-state index contributed by atoms with van der Waals surface area (Å²) in [6, 6.07) is 15.6. The summed E-state index contributed by atoms with van der Waals surface area (Å²) in [5.74, 6) is -0.294. The number of carbonyl (C=O) groups is 1. The van der Waals surface area contributed by atoms with E-state index in [0.29, 0.717) is 12.2 Å². The Morgan fingerprint density at radius 3 is 2.62 bits per heavy atom. The number of amides is 1. The largest absolute Gasteiger partial charge is 0.371 e. The van der Waals surface area contributed by atoms with Gasteiger partial charge in [0.15, 0.2) is 0 Å². The maximum absolute atomic E-state index is 12.4. The Labute approximate surface area is 173 Å². The van der Waals surface area contributed by atoms with E-state index in [1.54, 1.807) is 12.1 Å². The van der Waals surface area contributed by atoms with Crippen molar-refractivity contribution in [3.8, 4) is 0 Å². The molecule has 0 spiro atoms. The van der Waals surface area contributed by atoms with Gasteiger partial charge in [0, 0.05) is 25.3 Å². The van der Waals surface area contributed by atoms with Gasteiger partial charge in [0.05, 0.1) is 11.9 Å². The van der Waals surface area contributed by atoms with E-state index >= 15 is 0 Å². The highest BCUT2D eigenvalue weighted by molar-refractivity contribution is 7.92. The number of anilines is 2. The third-order valence-corrected chi connectivity index (χ3v) is 6.33. The van der Waals surface area contributed by atoms with Crippen LogP contribution in [-0.2, 0) is 21.2 Å². The van der Waals surface area contributed by atoms with Gasteiger partial charge >= 0.3 is 0 Å². The Morgan fingerprint density at radius 1 is 1.14 bits per heavy atom. The quantitative estimate of drug-likeness (QED) is 0.673. The van der Waals surface area contributed by atoms with E-state index in [1.807, 2.05) is 19.1 Å². The van der Waals surface area contributed by atoms with Crippen molar-refractivity contribution in [1.29, 1.82) is 0 Å². The second-order valence-electron chi connectivity index (χ2n) is 7.48. The molecule has 1 aliphatic heterocycles. The van der Waals surface area contributed by atoms with Crippen LogP contribution in [0.5, 0.6) is 0 Å². The van der Waals surface area contributed by atoms with Crippen molar-refractivity contribution in [2.45, 2.75) is 26.2 Å². The first kappa shape index (κ1) is 21.2. The van der Waals surface area contributed by atoms with E-state index in [0.717, 1.165) is 44.2 Å². The fourth-order valence-electron chi connectivity index (χ4n) is 3.75. The van der Waals surface area contributed by atoms with Crippen LogP contribution in [0.15, 0.2) is 48.5 Å². The molecule has 3 rings (SSSR count). The highest BCUT2D eigenvalue weighted by atomic mass is 32.2. The van der Waals surface area contributed by atoms with E-state index in [4.69, 9.17) is 0 Å². The Morgan fingerprint density at radius 2 is 1.86 bits per heavy atom. The molecule has 0 fully saturated rings. The van der Waals surface area contributed by atoms with E-state index in [2.05, 4.69) is 34.5 Å². The van der Waals surface area contributed by atoms with Gasteiger partial charge in [-0.05, 0) is 49.4 Å². The number of rotatable bonds is 8. The van der Waals surface area contributed by atoms with Crippen LogP contribution in [0.2, 0.25) is 0 Å². The summed E-state index contributed by atoms with van der Waals surface area (Å²) in [5, 5.41) is 2.87. The third kappa shape index (κ3) is 5.50. The van der Waals surface area contributed by atoms with Crippen LogP contribution in [0.3, 0.4) is 0 Å². The molecular formula is C22H29N3O3S. The number of fused-ring (bicyclic) bond motifs is 1. The maximum atomic E-state index is 12.4. The van der Waals surface area contributed by atoms with Gasteiger partial charge in [0.25, 0.3) is 0 Å². The Balaban J connectivity index is 1.52. The second kappa shape index (κ2) is 9.31. The summed E-state index contributed by atoms with van der Waals surface area (Å²) in [5.41, 5.74) is 4.02. The molecule has 2 aromatic rings. The highest BCUT2D eigenvalue weighted by Gasteiger charge is 2.22. The average Bonchev–Trinajstić information content (AvgIpc) is 2.69. The molecule has 156 valence electrons. The van der Waals surface area contributed by atoms with Gasteiger partial charge in [-0.15, -0.1) is 0 Å². The first-order valence-corrected chi connectivity index (χ1v) is 11.8. The minimum atomic E-state index is -3.55. The highest BCUT2D eigenvalue weighted by Crippen LogP contribution is 2.26. The number of sulfonamides is 1. The van der Waals surface area contributed by atoms with Crippen LogP contribution in [0.4, 0.5) is 11.4 Å². The fraction of sp³-hybridized carbons (Fsp3) is 0.409. The topological polar surface area (TPSA) is 69.7 Å². The predicted molar refractivity (Wildman–Crippen MR) is 118 cm³/mol. The van der Waals surface area contributed by atoms with Crippen molar-refractivity contribution in [3.05, 3.63) is 59.7 Å². The smallest absolute Gasteiger partial charge is 0.240 e. The van der Waals surface area contributed by atoms with Gasteiger partial charge in [0.1, 0.15) is 6.54 Å². The molecule has 1 N–H and O–H groups in total. The number of aryl methyl sites for hydroxylation is 2. The van der Waals surface area contributed by atoms with Crippen molar-refractivity contribution >= 4 is 27.3 Å². The third-order valence-electron chi connectivity index (χ3n) is 5.21. The minimum absolute atomic E-state index is 0.212. The molecule has 6 nitrogen and oxygen atoms in total. The zero-order chi connectivity index (χ0) is 20.9. The number of hydrogen-bond donors (Lipinski definition) is 1. The summed E-state index contributed by atoms with van der Waals surface area (Å²) in [4.78, 5) is 14.8. The van der Waals surface area contributed by atoms with Crippen LogP contribution in [0.1, 0.15) is 24.0 Å². The van der Waals surface area contributed by atoms with Crippen LogP contribution in [-0.4, -0.2) is 46.8 Å². The van der Waals surface area contributed by atoms with Crippen LogP contribution in [0.25, 0.3) is 0 Å². The predicted octanol–water partition coefficient (Wildman–Crippen LogP) is 2.72. The van der Waals surface area contributed by atoms with Crippen molar-refractivity contribution in [2.24, 2.45) is 0 Å². The molecule has 0 saturated heterocycles. The lowest BCUT2D eigenvalue weighted by Gasteiger charge is -2.31. The molecule has 0 saturated carbocycles. The molecule has 1 heterocycles. The molecular weight excluding hydrogens is 386 g/mol. The summed E-state index contributed by atoms with van der Waals surface area (Å²) in [7, 11) is -3.55. The normalized spacial score (nSPS) is 13.7. The van der Waals surface area contributed by atoms with E-state index < -0.39 is 10.0 Å². The maximum Gasteiger partial charge on any atom is 0.240 e. The summed E-state index contributed by atoms with van der Waals surface area (Å²) < 4.78 is 25.6. The monoisotopic (exact) mass is 415 g/mol. The summed E-state index contributed by atoms with van der Waals surface area (Å²) in [6.07, 6.45) is 4.19. The molecule has 0 bridgehead atoms. The van der Waals surface area contributed by atoms with E-state index in [9.17, 15) is 13.2 Å². The fourth-order valence-corrected chi connectivity index (χ4v) is 4.67. The van der Waals surface area contributed by atoms with Crippen molar-refractivity contribution in [1.82, 2.24) is 5.32 Å². The molecule has 0 radical (unpaired) electrons. The Bertz CT molecular complexity index is 959.